The fourth-order valence-electron chi connectivity index (χ4n) is 3.30. The fraction of sp³-hybridized carbons (Fsp3) is 0.474. The normalized spacial score (nSPS) is 18.8. The summed E-state index contributed by atoms with van der Waals surface area (Å²) < 4.78 is 5.56. The average Bonchev–Trinajstić information content (AvgIpc) is 3.25. The van der Waals surface area contributed by atoms with Crippen LogP contribution in [0.2, 0.25) is 0 Å². The van der Waals surface area contributed by atoms with Crippen LogP contribution in [0.15, 0.2) is 29.6 Å². The van der Waals surface area contributed by atoms with E-state index in [1.807, 2.05) is 24.1 Å². The van der Waals surface area contributed by atoms with E-state index in [9.17, 15) is 4.79 Å². The van der Waals surface area contributed by atoms with Crippen molar-refractivity contribution in [3.63, 3.8) is 0 Å². The molecule has 128 valence electrons. The minimum atomic E-state index is -0.0557. The van der Waals surface area contributed by atoms with Gasteiger partial charge in [-0.2, -0.15) is 0 Å². The monoisotopic (exact) mass is 344 g/mol. The van der Waals surface area contributed by atoms with Gasteiger partial charge in [0.1, 0.15) is 16.8 Å². The summed E-state index contributed by atoms with van der Waals surface area (Å²) in [7, 11) is 0. The van der Waals surface area contributed by atoms with Gasteiger partial charge in [-0.05, 0) is 38.3 Å². The highest BCUT2D eigenvalue weighted by molar-refractivity contribution is 7.09. The molecule has 0 bridgehead atoms. The van der Waals surface area contributed by atoms with E-state index in [1.54, 1.807) is 0 Å². The zero-order chi connectivity index (χ0) is 17.1. The van der Waals surface area contributed by atoms with Crippen LogP contribution in [-0.2, 0) is 4.74 Å². The Bertz CT molecular complexity index is 713. The smallest absolute Gasteiger partial charge is 0.273 e. The van der Waals surface area contributed by atoms with Crippen LogP contribution in [0.1, 0.15) is 58.9 Å². The maximum absolute atomic E-state index is 12.7. The lowest BCUT2D eigenvalue weighted by atomic mass is 9.94. The number of ether oxygens (including phenoxy) is 1. The minimum Gasteiger partial charge on any atom is -0.372 e. The number of likely N-dealkylation sites (tertiary alicyclic amines) is 1. The maximum atomic E-state index is 12.7. The third-order valence-corrected chi connectivity index (χ3v) is 5.62. The summed E-state index contributed by atoms with van der Waals surface area (Å²) in [6.45, 7) is 8.30. The first-order valence-corrected chi connectivity index (χ1v) is 9.40. The fourth-order valence-corrected chi connectivity index (χ4v) is 4.10. The molecule has 1 aliphatic heterocycles. The van der Waals surface area contributed by atoms with Crippen LogP contribution in [0, 0.1) is 6.92 Å². The predicted octanol–water partition coefficient (Wildman–Crippen LogP) is 4.18. The topological polar surface area (TPSA) is 42.4 Å². The van der Waals surface area contributed by atoms with Crippen molar-refractivity contribution in [2.45, 2.75) is 39.2 Å². The molecule has 0 aliphatic carbocycles. The van der Waals surface area contributed by atoms with Crippen molar-refractivity contribution >= 4 is 17.2 Å². The van der Waals surface area contributed by atoms with E-state index in [-0.39, 0.29) is 12.0 Å². The summed E-state index contributed by atoms with van der Waals surface area (Å²) >= 11 is 1.50. The van der Waals surface area contributed by atoms with E-state index in [0.29, 0.717) is 18.2 Å². The molecule has 1 amide bonds. The van der Waals surface area contributed by atoms with Gasteiger partial charge in [0.2, 0.25) is 0 Å². The lowest BCUT2D eigenvalue weighted by Crippen LogP contribution is -2.28. The number of hydrogen-bond donors (Lipinski definition) is 0. The molecule has 0 spiro atoms. The first-order chi connectivity index (χ1) is 11.6. The van der Waals surface area contributed by atoms with Crippen LogP contribution in [0.3, 0.4) is 0 Å². The number of amides is 1. The molecule has 2 heterocycles. The van der Waals surface area contributed by atoms with Crippen molar-refractivity contribution in [2.24, 2.45) is 0 Å². The Hall–Kier alpha value is -1.72. The van der Waals surface area contributed by atoms with Crippen molar-refractivity contribution in [3.8, 4) is 0 Å². The largest absolute Gasteiger partial charge is 0.372 e. The predicted molar refractivity (Wildman–Crippen MR) is 96.6 cm³/mol. The SMILES string of the molecule is CCOC(C)c1nc(C(=O)N2CCC(c3ccccc3C)C2)cs1. The molecule has 1 aromatic carbocycles. The van der Waals surface area contributed by atoms with E-state index in [0.717, 1.165) is 24.5 Å². The van der Waals surface area contributed by atoms with Gasteiger partial charge in [0, 0.05) is 31.0 Å². The summed E-state index contributed by atoms with van der Waals surface area (Å²) in [6.07, 6.45) is 0.961. The van der Waals surface area contributed by atoms with Gasteiger partial charge in [-0.25, -0.2) is 4.98 Å². The van der Waals surface area contributed by atoms with Gasteiger partial charge in [0.15, 0.2) is 0 Å². The second-order valence-electron chi connectivity index (χ2n) is 6.26. The molecule has 1 aliphatic rings. The summed E-state index contributed by atoms with van der Waals surface area (Å²) in [5.41, 5.74) is 3.21. The number of aromatic nitrogens is 1. The van der Waals surface area contributed by atoms with Crippen LogP contribution in [0.4, 0.5) is 0 Å². The lowest BCUT2D eigenvalue weighted by molar-refractivity contribution is 0.0746. The highest BCUT2D eigenvalue weighted by Crippen LogP contribution is 2.30. The summed E-state index contributed by atoms with van der Waals surface area (Å²) in [5.74, 6) is 0.466. The maximum Gasteiger partial charge on any atom is 0.273 e. The molecule has 3 rings (SSSR count). The van der Waals surface area contributed by atoms with Crippen molar-refractivity contribution in [3.05, 3.63) is 51.5 Å². The van der Waals surface area contributed by atoms with Crippen molar-refractivity contribution in [1.29, 1.82) is 0 Å². The van der Waals surface area contributed by atoms with Crippen LogP contribution < -0.4 is 0 Å². The number of nitrogens with zero attached hydrogens (tertiary/aromatic N) is 2. The molecule has 0 saturated carbocycles. The highest BCUT2D eigenvalue weighted by Gasteiger charge is 2.30. The van der Waals surface area contributed by atoms with Crippen LogP contribution in [-0.4, -0.2) is 35.5 Å². The summed E-state index contributed by atoms with van der Waals surface area (Å²) in [5, 5.41) is 2.73. The van der Waals surface area contributed by atoms with Gasteiger partial charge in [0.25, 0.3) is 5.91 Å². The number of hydrogen-bond acceptors (Lipinski definition) is 4. The Balaban J connectivity index is 1.68. The number of thiazole rings is 1. The standard InChI is InChI=1S/C19H24N2O2S/c1-4-23-14(3)18-20-17(12-24-18)19(22)21-10-9-15(11-21)16-8-6-5-7-13(16)2/h5-8,12,14-15H,4,9-11H2,1-3H3. The number of aryl methyl sites for hydroxylation is 1. The first kappa shape index (κ1) is 17.1. The molecule has 0 radical (unpaired) electrons. The third-order valence-electron chi connectivity index (χ3n) is 4.61. The number of rotatable bonds is 5. The second-order valence-corrected chi connectivity index (χ2v) is 7.15. The Kier molecular flexibility index (Phi) is 5.31. The molecule has 1 aromatic heterocycles. The van der Waals surface area contributed by atoms with Gasteiger partial charge in [-0.3, -0.25) is 4.79 Å². The Morgan fingerprint density at radius 3 is 3.00 bits per heavy atom. The molecule has 2 unspecified atom stereocenters. The quantitative estimate of drug-likeness (QED) is 0.817. The van der Waals surface area contributed by atoms with Crippen molar-refractivity contribution < 1.29 is 9.53 Å². The molecule has 1 saturated heterocycles. The zero-order valence-electron chi connectivity index (χ0n) is 14.5. The Labute approximate surface area is 147 Å². The molecule has 24 heavy (non-hydrogen) atoms. The Morgan fingerprint density at radius 2 is 2.25 bits per heavy atom. The molecule has 1 fully saturated rings. The van der Waals surface area contributed by atoms with E-state index >= 15 is 0 Å². The van der Waals surface area contributed by atoms with Gasteiger partial charge >= 0.3 is 0 Å². The molecule has 2 atom stereocenters. The molecular weight excluding hydrogens is 320 g/mol. The molecule has 2 aromatic rings. The van der Waals surface area contributed by atoms with Gasteiger partial charge in [0.05, 0.1) is 0 Å². The van der Waals surface area contributed by atoms with Crippen molar-refractivity contribution in [2.75, 3.05) is 19.7 Å². The first-order valence-electron chi connectivity index (χ1n) is 8.52. The van der Waals surface area contributed by atoms with Gasteiger partial charge in [-0.1, -0.05) is 24.3 Å². The highest BCUT2D eigenvalue weighted by atomic mass is 32.1. The summed E-state index contributed by atoms with van der Waals surface area (Å²) in [6, 6.07) is 8.46. The van der Waals surface area contributed by atoms with Crippen LogP contribution >= 0.6 is 11.3 Å². The Morgan fingerprint density at radius 1 is 1.46 bits per heavy atom. The number of benzene rings is 1. The van der Waals surface area contributed by atoms with E-state index in [4.69, 9.17) is 4.74 Å². The molecule has 0 N–H and O–H groups in total. The molecule has 5 heteroatoms. The van der Waals surface area contributed by atoms with Gasteiger partial charge < -0.3 is 9.64 Å². The zero-order valence-corrected chi connectivity index (χ0v) is 15.3. The third kappa shape index (κ3) is 3.52. The van der Waals surface area contributed by atoms with E-state index in [1.165, 1.54) is 22.5 Å². The van der Waals surface area contributed by atoms with Crippen molar-refractivity contribution in [1.82, 2.24) is 9.88 Å². The van der Waals surface area contributed by atoms with Crippen LogP contribution in [0.25, 0.3) is 0 Å². The lowest BCUT2D eigenvalue weighted by Gasteiger charge is -2.16. The average molecular weight is 344 g/mol. The van der Waals surface area contributed by atoms with E-state index in [2.05, 4.69) is 36.2 Å². The number of carbonyl (C=O) groups excluding carboxylic acids is 1. The molecule has 4 nitrogen and oxygen atoms in total. The number of carbonyl (C=O) groups is 1. The molecular formula is C19H24N2O2S. The minimum absolute atomic E-state index is 0.0392. The summed E-state index contributed by atoms with van der Waals surface area (Å²) in [4.78, 5) is 19.2. The van der Waals surface area contributed by atoms with E-state index < -0.39 is 0 Å². The van der Waals surface area contributed by atoms with Gasteiger partial charge in [-0.15, -0.1) is 11.3 Å². The van der Waals surface area contributed by atoms with Crippen LogP contribution in [0.5, 0.6) is 0 Å². The second kappa shape index (κ2) is 7.45.